The molecule has 43 heavy (non-hydrogen) atoms. The van der Waals surface area contributed by atoms with Crippen LogP contribution in [0.15, 0.2) is 92.5 Å². The molecule has 1 aliphatic heterocycles. The zero-order chi connectivity index (χ0) is 30.1. The van der Waals surface area contributed by atoms with Crippen molar-refractivity contribution in [3.8, 4) is 17.2 Å². The Morgan fingerprint density at radius 3 is 2.58 bits per heavy atom. The van der Waals surface area contributed by atoms with E-state index in [1.807, 2.05) is 36.4 Å². The van der Waals surface area contributed by atoms with E-state index in [0.29, 0.717) is 29.3 Å². The van der Waals surface area contributed by atoms with Gasteiger partial charge in [-0.2, -0.15) is 10.2 Å². The highest BCUT2D eigenvalue weighted by atomic mass is 79.9. The number of hydrogen-bond donors (Lipinski definition) is 1. The Balaban J connectivity index is 1.31. The molecule has 1 atom stereocenters. The van der Waals surface area contributed by atoms with E-state index >= 15 is 0 Å². The summed E-state index contributed by atoms with van der Waals surface area (Å²) in [5.74, 6) is 0.337. The van der Waals surface area contributed by atoms with Gasteiger partial charge in [-0.15, -0.1) is 0 Å². The number of amides is 1. The summed E-state index contributed by atoms with van der Waals surface area (Å²) in [4.78, 5) is 33.9. The first-order valence-electron chi connectivity index (χ1n) is 13.1. The van der Waals surface area contributed by atoms with Gasteiger partial charge >= 0.3 is 0 Å². The zero-order valence-corrected chi connectivity index (χ0v) is 25.4. The van der Waals surface area contributed by atoms with Gasteiger partial charge in [0.2, 0.25) is 0 Å². The Kier molecular flexibility index (Phi) is 8.00. The number of rotatable bonds is 8. The summed E-state index contributed by atoms with van der Waals surface area (Å²) >= 11 is 4.54. The van der Waals surface area contributed by atoms with Crippen LogP contribution in [-0.4, -0.2) is 56.3 Å². The number of nitrogens with zero attached hydrogens (tertiary/aromatic N) is 5. The summed E-state index contributed by atoms with van der Waals surface area (Å²) < 4.78 is 27.0. The Hall–Kier alpha value is -4.49. The van der Waals surface area contributed by atoms with Crippen molar-refractivity contribution in [3.63, 3.8) is 0 Å². The Labute approximate surface area is 257 Å². The highest BCUT2D eigenvalue weighted by Crippen LogP contribution is 2.42. The van der Waals surface area contributed by atoms with Gasteiger partial charge in [0.05, 0.1) is 43.6 Å². The molecule has 3 aromatic carbocycles. The number of aromatic amines is 1. The standard InChI is InChI=1S/C30H24BrFN6O4S/c1-41-25-5-3-4-21(27(25)42-2)24-14-23(17-6-8-18(31)9-7-17)36-38(24)26(39)16-43-30-34-28-22(29(40)35-30)15-33-37(28)20-12-10-19(32)11-13-20/h3-13,15,24H,14,16H2,1-2H3,(H,34,35,40)/t24-/m0/s1. The van der Waals surface area contributed by atoms with Gasteiger partial charge in [-0.25, -0.2) is 19.1 Å². The highest BCUT2D eigenvalue weighted by molar-refractivity contribution is 9.10. The normalized spacial score (nSPS) is 14.7. The van der Waals surface area contributed by atoms with Crippen molar-refractivity contribution in [3.05, 3.63) is 105 Å². The number of halogens is 2. The maximum Gasteiger partial charge on any atom is 0.262 e. The molecule has 0 saturated carbocycles. The van der Waals surface area contributed by atoms with Crippen molar-refractivity contribution in [2.75, 3.05) is 20.0 Å². The summed E-state index contributed by atoms with van der Waals surface area (Å²) in [5.41, 5.74) is 2.83. The topological polar surface area (TPSA) is 115 Å². The average Bonchev–Trinajstić information content (AvgIpc) is 3.66. The third-order valence-electron chi connectivity index (χ3n) is 6.96. The van der Waals surface area contributed by atoms with Crippen LogP contribution in [0.5, 0.6) is 11.5 Å². The number of aromatic nitrogens is 4. The van der Waals surface area contributed by atoms with Crippen LogP contribution in [0, 0.1) is 5.82 Å². The van der Waals surface area contributed by atoms with Crippen LogP contribution in [0.1, 0.15) is 23.6 Å². The summed E-state index contributed by atoms with van der Waals surface area (Å²) in [6, 6.07) is 18.5. The van der Waals surface area contributed by atoms with E-state index in [2.05, 4.69) is 31.0 Å². The van der Waals surface area contributed by atoms with Crippen molar-refractivity contribution in [1.29, 1.82) is 0 Å². The lowest BCUT2D eigenvalue weighted by atomic mass is 9.97. The number of H-pyrrole nitrogens is 1. The highest BCUT2D eigenvalue weighted by Gasteiger charge is 2.35. The van der Waals surface area contributed by atoms with Gasteiger partial charge in [0.15, 0.2) is 22.3 Å². The number of ether oxygens (including phenoxy) is 2. The summed E-state index contributed by atoms with van der Waals surface area (Å²) in [6.45, 7) is 0. The van der Waals surface area contributed by atoms with Gasteiger partial charge in [-0.3, -0.25) is 9.59 Å². The number of thioether (sulfide) groups is 1. The maximum atomic E-state index is 13.8. The second kappa shape index (κ2) is 12.0. The molecule has 0 spiro atoms. The Morgan fingerprint density at radius 2 is 1.86 bits per heavy atom. The molecule has 13 heteroatoms. The van der Waals surface area contributed by atoms with E-state index in [9.17, 15) is 14.0 Å². The number of hydrazone groups is 1. The number of nitrogens with one attached hydrogen (secondary N) is 1. The molecule has 5 aromatic rings. The van der Waals surface area contributed by atoms with E-state index in [-0.39, 0.29) is 22.2 Å². The molecule has 1 N–H and O–H groups in total. The molecule has 0 fully saturated rings. The van der Waals surface area contributed by atoms with Crippen molar-refractivity contribution < 1.29 is 18.7 Å². The lowest BCUT2D eigenvalue weighted by Gasteiger charge is -2.24. The van der Waals surface area contributed by atoms with Crippen LogP contribution in [-0.2, 0) is 4.79 Å². The maximum absolute atomic E-state index is 13.8. The minimum Gasteiger partial charge on any atom is -0.493 e. The first kappa shape index (κ1) is 28.6. The average molecular weight is 664 g/mol. The first-order chi connectivity index (χ1) is 20.9. The molecule has 0 saturated heterocycles. The fraction of sp³-hybridized carbons (Fsp3) is 0.167. The Morgan fingerprint density at radius 1 is 1.09 bits per heavy atom. The molecule has 2 aromatic heterocycles. The summed E-state index contributed by atoms with van der Waals surface area (Å²) in [6.07, 6.45) is 1.86. The van der Waals surface area contributed by atoms with Crippen molar-refractivity contribution >= 4 is 50.3 Å². The van der Waals surface area contributed by atoms with Crippen LogP contribution in [0.4, 0.5) is 4.39 Å². The molecule has 218 valence electrons. The van der Waals surface area contributed by atoms with Crippen molar-refractivity contribution in [2.45, 2.75) is 17.6 Å². The Bertz CT molecular complexity index is 1910. The monoisotopic (exact) mass is 662 g/mol. The predicted molar refractivity (Wildman–Crippen MR) is 165 cm³/mol. The molecular formula is C30H24BrFN6O4S. The lowest BCUT2D eigenvalue weighted by Crippen LogP contribution is -2.29. The molecule has 3 heterocycles. The zero-order valence-electron chi connectivity index (χ0n) is 23.0. The van der Waals surface area contributed by atoms with E-state index < -0.39 is 17.4 Å². The lowest BCUT2D eigenvalue weighted by molar-refractivity contribution is -0.130. The van der Waals surface area contributed by atoms with Gasteiger partial charge in [-0.1, -0.05) is 52.0 Å². The molecule has 0 aliphatic carbocycles. The van der Waals surface area contributed by atoms with Gasteiger partial charge in [0.1, 0.15) is 11.2 Å². The SMILES string of the molecule is COc1cccc([C@@H]2CC(c3ccc(Br)cc3)=NN2C(=O)CSc2nc3c(cnn3-c3ccc(F)cc3)c(=O)[nH]2)c1OC. The fourth-order valence-corrected chi connectivity index (χ4v) is 5.88. The van der Waals surface area contributed by atoms with Crippen molar-refractivity contribution in [1.82, 2.24) is 24.8 Å². The summed E-state index contributed by atoms with van der Waals surface area (Å²) in [7, 11) is 3.12. The first-order valence-corrected chi connectivity index (χ1v) is 14.9. The number of hydrogen-bond acceptors (Lipinski definition) is 8. The smallest absolute Gasteiger partial charge is 0.262 e. The molecule has 10 nitrogen and oxygen atoms in total. The molecule has 1 aliphatic rings. The van der Waals surface area contributed by atoms with E-state index in [0.717, 1.165) is 33.1 Å². The molecule has 0 radical (unpaired) electrons. The van der Waals surface area contributed by atoms with E-state index in [1.165, 1.54) is 28.0 Å². The van der Waals surface area contributed by atoms with Gasteiger partial charge in [-0.05, 0) is 48.0 Å². The molecule has 0 bridgehead atoms. The van der Waals surface area contributed by atoms with Gasteiger partial charge in [0, 0.05) is 16.5 Å². The van der Waals surface area contributed by atoms with Crippen LogP contribution >= 0.6 is 27.7 Å². The van der Waals surface area contributed by atoms with Crippen LogP contribution in [0.3, 0.4) is 0 Å². The molecule has 6 rings (SSSR count). The van der Waals surface area contributed by atoms with Crippen LogP contribution in [0.2, 0.25) is 0 Å². The van der Waals surface area contributed by atoms with Crippen LogP contribution < -0.4 is 15.0 Å². The number of methoxy groups -OCH3 is 2. The fourth-order valence-electron chi connectivity index (χ4n) is 4.91. The number of fused-ring (bicyclic) bond motifs is 1. The second-order valence-electron chi connectivity index (χ2n) is 9.52. The second-order valence-corrected chi connectivity index (χ2v) is 11.4. The number of carbonyl (C=O) groups is 1. The predicted octanol–water partition coefficient (Wildman–Crippen LogP) is 5.50. The van der Waals surface area contributed by atoms with E-state index in [4.69, 9.17) is 14.6 Å². The quantitative estimate of drug-likeness (QED) is 0.172. The van der Waals surface area contributed by atoms with Gasteiger partial charge in [0.25, 0.3) is 11.5 Å². The number of carbonyl (C=O) groups excluding carboxylic acids is 1. The minimum absolute atomic E-state index is 0.0565. The molecule has 1 amide bonds. The number of para-hydroxylation sites is 1. The van der Waals surface area contributed by atoms with Crippen LogP contribution in [0.25, 0.3) is 16.7 Å². The minimum atomic E-state index is -0.453. The molecule has 0 unspecified atom stereocenters. The largest absolute Gasteiger partial charge is 0.493 e. The molecular weight excluding hydrogens is 639 g/mol. The van der Waals surface area contributed by atoms with Crippen molar-refractivity contribution in [2.24, 2.45) is 5.10 Å². The van der Waals surface area contributed by atoms with Gasteiger partial charge < -0.3 is 14.5 Å². The third kappa shape index (κ3) is 5.65. The number of benzene rings is 3. The van der Waals surface area contributed by atoms with E-state index in [1.54, 1.807) is 32.4 Å². The summed E-state index contributed by atoms with van der Waals surface area (Å²) in [5, 5.41) is 11.0. The third-order valence-corrected chi connectivity index (χ3v) is 8.34.